The van der Waals surface area contributed by atoms with Gasteiger partial charge in [0.15, 0.2) is 0 Å². The summed E-state index contributed by atoms with van der Waals surface area (Å²) < 4.78 is 0. The summed E-state index contributed by atoms with van der Waals surface area (Å²) >= 11 is 0. The molecule has 14 heavy (non-hydrogen) atoms. The van der Waals surface area contributed by atoms with Crippen molar-refractivity contribution in [2.24, 2.45) is 0 Å². The van der Waals surface area contributed by atoms with Gasteiger partial charge in [0, 0.05) is 12.1 Å². The number of carbonyl (C=O) groups is 1. The number of amides is 1. The molecule has 0 bridgehead atoms. The summed E-state index contributed by atoms with van der Waals surface area (Å²) in [5.74, 6) is -0.0299. The molecule has 0 saturated carbocycles. The minimum absolute atomic E-state index is 0.0299. The zero-order chi connectivity index (χ0) is 10.4. The van der Waals surface area contributed by atoms with Crippen molar-refractivity contribution in [3.8, 4) is 6.07 Å². The standard InChI is InChI=1S/C11H12N2O/c1-2-11(14)13(9-8-12)10-6-4-3-5-7-10/h3-7H,2,9H2,1H3. The van der Waals surface area contributed by atoms with E-state index in [4.69, 9.17) is 5.26 Å². The molecule has 3 heteroatoms. The molecule has 1 rings (SSSR count). The van der Waals surface area contributed by atoms with Crippen LogP contribution in [0.5, 0.6) is 0 Å². The summed E-state index contributed by atoms with van der Waals surface area (Å²) in [5, 5.41) is 8.60. The van der Waals surface area contributed by atoms with E-state index < -0.39 is 0 Å². The van der Waals surface area contributed by atoms with Crippen LogP contribution in [-0.2, 0) is 4.79 Å². The first-order valence-electron chi connectivity index (χ1n) is 4.52. The largest absolute Gasteiger partial charge is 0.299 e. The Morgan fingerprint density at radius 3 is 2.57 bits per heavy atom. The van der Waals surface area contributed by atoms with E-state index in [0.29, 0.717) is 6.42 Å². The Balaban J connectivity index is 2.90. The maximum Gasteiger partial charge on any atom is 0.227 e. The molecular weight excluding hydrogens is 176 g/mol. The topological polar surface area (TPSA) is 44.1 Å². The molecule has 1 aromatic rings. The van der Waals surface area contributed by atoms with Crippen LogP contribution >= 0.6 is 0 Å². The Bertz CT molecular complexity index is 340. The Morgan fingerprint density at radius 1 is 1.43 bits per heavy atom. The van der Waals surface area contributed by atoms with Crippen molar-refractivity contribution in [1.82, 2.24) is 0 Å². The lowest BCUT2D eigenvalue weighted by atomic mass is 10.2. The second-order valence-electron chi connectivity index (χ2n) is 2.83. The zero-order valence-corrected chi connectivity index (χ0v) is 8.10. The van der Waals surface area contributed by atoms with Crippen LogP contribution in [0.3, 0.4) is 0 Å². The highest BCUT2D eigenvalue weighted by Crippen LogP contribution is 2.13. The summed E-state index contributed by atoms with van der Waals surface area (Å²) in [6, 6.07) is 11.2. The van der Waals surface area contributed by atoms with Crippen molar-refractivity contribution >= 4 is 11.6 Å². The molecule has 0 unspecified atom stereocenters. The first-order chi connectivity index (χ1) is 6.79. The summed E-state index contributed by atoms with van der Waals surface area (Å²) in [6.45, 7) is 1.90. The fraction of sp³-hybridized carbons (Fsp3) is 0.273. The average molecular weight is 188 g/mol. The predicted octanol–water partition coefficient (Wildman–Crippen LogP) is 1.95. The second kappa shape index (κ2) is 5.03. The summed E-state index contributed by atoms with van der Waals surface area (Å²) in [5.41, 5.74) is 0.779. The number of nitriles is 1. The number of rotatable bonds is 3. The van der Waals surface area contributed by atoms with Crippen LogP contribution in [-0.4, -0.2) is 12.5 Å². The smallest absolute Gasteiger partial charge is 0.227 e. The zero-order valence-electron chi connectivity index (χ0n) is 8.10. The van der Waals surface area contributed by atoms with Gasteiger partial charge in [0.25, 0.3) is 0 Å². The van der Waals surface area contributed by atoms with Gasteiger partial charge in [0.2, 0.25) is 5.91 Å². The third kappa shape index (κ3) is 2.33. The van der Waals surface area contributed by atoms with Crippen molar-refractivity contribution in [2.75, 3.05) is 11.4 Å². The maximum atomic E-state index is 11.5. The normalized spacial score (nSPS) is 9.14. The molecule has 0 N–H and O–H groups in total. The van der Waals surface area contributed by atoms with E-state index in [1.807, 2.05) is 36.4 Å². The lowest BCUT2D eigenvalue weighted by molar-refractivity contribution is -0.118. The van der Waals surface area contributed by atoms with Crippen molar-refractivity contribution in [1.29, 1.82) is 5.26 Å². The number of para-hydroxylation sites is 1. The summed E-state index contributed by atoms with van der Waals surface area (Å²) in [6.07, 6.45) is 0.413. The SMILES string of the molecule is CCC(=O)N(CC#N)c1ccccc1. The van der Waals surface area contributed by atoms with Crippen LogP contribution in [0.15, 0.2) is 30.3 Å². The van der Waals surface area contributed by atoms with Crippen LogP contribution < -0.4 is 4.90 Å². The molecule has 0 aliphatic carbocycles. The minimum Gasteiger partial charge on any atom is -0.299 e. The van der Waals surface area contributed by atoms with Crippen LogP contribution in [0.1, 0.15) is 13.3 Å². The molecule has 0 saturated heterocycles. The maximum absolute atomic E-state index is 11.5. The molecule has 72 valence electrons. The van der Waals surface area contributed by atoms with Gasteiger partial charge in [-0.15, -0.1) is 0 Å². The predicted molar refractivity (Wildman–Crippen MR) is 54.7 cm³/mol. The second-order valence-corrected chi connectivity index (χ2v) is 2.83. The molecule has 0 atom stereocenters. The van der Waals surface area contributed by atoms with Gasteiger partial charge in [-0.25, -0.2) is 0 Å². The molecule has 0 fully saturated rings. The Hall–Kier alpha value is -1.82. The van der Waals surface area contributed by atoms with Crippen LogP contribution in [0.25, 0.3) is 0 Å². The molecule has 0 aliphatic heterocycles. The molecule has 0 aromatic heterocycles. The van der Waals surface area contributed by atoms with Gasteiger partial charge in [-0.1, -0.05) is 25.1 Å². The molecule has 1 aromatic carbocycles. The minimum atomic E-state index is -0.0299. The highest BCUT2D eigenvalue weighted by Gasteiger charge is 2.12. The third-order valence-electron chi connectivity index (χ3n) is 1.90. The van der Waals surface area contributed by atoms with Gasteiger partial charge in [0.05, 0.1) is 6.07 Å². The van der Waals surface area contributed by atoms with Gasteiger partial charge in [-0.3, -0.25) is 9.69 Å². The van der Waals surface area contributed by atoms with E-state index in [2.05, 4.69) is 0 Å². The van der Waals surface area contributed by atoms with Crippen molar-refractivity contribution in [3.63, 3.8) is 0 Å². The van der Waals surface area contributed by atoms with E-state index in [-0.39, 0.29) is 12.5 Å². The number of carbonyl (C=O) groups excluding carboxylic acids is 1. The first kappa shape index (κ1) is 10.3. The lowest BCUT2D eigenvalue weighted by Gasteiger charge is -2.18. The number of nitrogens with zero attached hydrogens (tertiary/aromatic N) is 2. The van der Waals surface area contributed by atoms with Crippen molar-refractivity contribution < 1.29 is 4.79 Å². The highest BCUT2D eigenvalue weighted by atomic mass is 16.2. The lowest BCUT2D eigenvalue weighted by Crippen LogP contribution is -2.30. The quantitative estimate of drug-likeness (QED) is 0.680. The Labute approximate surface area is 83.6 Å². The van der Waals surface area contributed by atoms with Crippen molar-refractivity contribution in [2.45, 2.75) is 13.3 Å². The molecule has 1 amide bonds. The number of benzene rings is 1. The monoisotopic (exact) mass is 188 g/mol. The molecule has 0 spiro atoms. The molecular formula is C11H12N2O. The Morgan fingerprint density at radius 2 is 2.07 bits per heavy atom. The van der Waals surface area contributed by atoms with E-state index >= 15 is 0 Å². The van der Waals surface area contributed by atoms with Gasteiger partial charge in [-0.2, -0.15) is 5.26 Å². The summed E-state index contributed by atoms with van der Waals surface area (Å²) in [4.78, 5) is 13.0. The number of anilines is 1. The number of hydrogen-bond donors (Lipinski definition) is 0. The van der Waals surface area contributed by atoms with Gasteiger partial charge < -0.3 is 0 Å². The van der Waals surface area contributed by atoms with E-state index in [0.717, 1.165) is 5.69 Å². The first-order valence-corrected chi connectivity index (χ1v) is 4.52. The van der Waals surface area contributed by atoms with Gasteiger partial charge in [0.1, 0.15) is 6.54 Å². The van der Waals surface area contributed by atoms with E-state index in [1.54, 1.807) is 6.92 Å². The fourth-order valence-electron chi connectivity index (χ4n) is 1.19. The highest BCUT2D eigenvalue weighted by molar-refractivity contribution is 5.93. The van der Waals surface area contributed by atoms with Crippen molar-refractivity contribution in [3.05, 3.63) is 30.3 Å². The third-order valence-corrected chi connectivity index (χ3v) is 1.90. The van der Waals surface area contributed by atoms with Crippen LogP contribution in [0.4, 0.5) is 5.69 Å². The fourth-order valence-corrected chi connectivity index (χ4v) is 1.19. The molecule has 3 nitrogen and oxygen atoms in total. The van der Waals surface area contributed by atoms with Crippen LogP contribution in [0, 0.1) is 11.3 Å². The summed E-state index contributed by atoms with van der Waals surface area (Å²) in [7, 11) is 0. The molecule has 0 aliphatic rings. The van der Waals surface area contributed by atoms with Crippen LogP contribution in [0.2, 0.25) is 0 Å². The average Bonchev–Trinajstić information content (AvgIpc) is 2.26. The van der Waals surface area contributed by atoms with Gasteiger partial charge in [-0.05, 0) is 12.1 Å². The van der Waals surface area contributed by atoms with Gasteiger partial charge >= 0.3 is 0 Å². The van der Waals surface area contributed by atoms with E-state index in [9.17, 15) is 4.79 Å². The number of hydrogen-bond acceptors (Lipinski definition) is 2. The Kier molecular flexibility index (Phi) is 3.69. The molecule has 0 radical (unpaired) electrons. The van der Waals surface area contributed by atoms with E-state index in [1.165, 1.54) is 4.90 Å². The molecule has 0 heterocycles.